The number of fused-ring (bicyclic) bond motifs is 1. The van der Waals surface area contributed by atoms with Crippen LogP contribution < -0.4 is 10.1 Å². The van der Waals surface area contributed by atoms with Gasteiger partial charge in [0.25, 0.3) is 5.91 Å². The zero-order chi connectivity index (χ0) is 20.6. The van der Waals surface area contributed by atoms with Crippen LogP contribution in [0.3, 0.4) is 0 Å². The SMILES string of the molecule is Cc1ccc(OC(C)(C)C(=O)Nc2ccc3c(c2)nc(C(C)O)n3C)cc1C. The minimum Gasteiger partial charge on any atom is -0.478 e. The van der Waals surface area contributed by atoms with Crippen LogP contribution in [0.5, 0.6) is 5.75 Å². The number of amides is 1. The molecule has 0 bridgehead atoms. The van der Waals surface area contributed by atoms with E-state index in [-0.39, 0.29) is 5.91 Å². The predicted octanol–water partition coefficient (Wildman–Crippen LogP) is 4.04. The molecular weight excluding hydrogens is 354 g/mol. The van der Waals surface area contributed by atoms with Crippen LogP contribution in [0.25, 0.3) is 11.0 Å². The maximum Gasteiger partial charge on any atom is 0.267 e. The molecule has 3 rings (SSSR count). The highest BCUT2D eigenvalue weighted by molar-refractivity contribution is 5.98. The molecule has 0 radical (unpaired) electrons. The number of rotatable bonds is 5. The van der Waals surface area contributed by atoms with Crippen molar-refractivity contribution in [1.82, 2.24) is 9.55 Å². The van der Waals surface area contributed by atoms with E-state index in [0.29, 0.717) is 22.8 Å². The van der Waals surface area contributed by atoms with Crippen LogP contribution in [0.1, 0.15) is 43.8 Å². The molecule has 1 amide bonds. The molecule has 2 N–H and O–H groups in total. The lowest BCUT2D eigenvalue weighted by Gasteiger charge is -2.25. The fourth-order valence-electron chi connectivity index (χ4n) is 3.07. The summed E-state index contributed by atoms with van der Waals surface area (Å²) in [6, 6.07) is 11.3. The second kappa shape index (κ2) is 7.28. The van der Waals surface area contributed by atoms with Crippen molar-refractivity contribution in [3.63, 3.8) is 0 Å². The molecule has 0 aliphatic rings. The maximum absolute atomic E-state index is 12.8. The molecule has 0 aliphatic carbocycles. The number of imidazole rings is 1. The molecule has 28 heavy (non-hydrogen) atoms. The zero-order valence-electron chi connectivity index (χ0n) is 17.2. The molecule has 0 spiro atoms. The van der Waals surface area contributed by atoms with E-state index in [1.54, 1.807) is 26.8 Å². The summed E-state index contributed by atoms with van der Waals surface area (Å²) >= 11 is 0. The summed E-state index contributed by atoms with van der Waals surface area (Å²) in [6.07, 6.45) is -0.666. The molecule has 6 heteroatoms. The van der Waals surface area contributed by atoms with E-state index in [4.69, 9.17) is 4.74 Å². The van der Waals surface area contributed by atoms with Gasteiger partial charge in [-0.05, 0) is 76.1 Å². The van der Waals surface area contributed by atoms with Crippen LogP contribution in [0.15, 0.2) is 36.4 Å². The minimum absolute atomic E-state index is 0.253. The van der Waals surface area contributed by atoms with Crippen molar-refractivity contribution in [2.75, 3.05) is 5.32 Å². The molecule has 148 valence electrons. The molecule has 0 aliphatic heterocycles. The molecule has 0 saturated carbocycles. The Balaban J connectivity index is 1.79. The summed E-state index contributed by atoms with van der Waals surface area (Å²) < 4.78 is 7.79. The number of hydrogen-bond donors (Lipinski definition) is 2. The first-order chi connectivity index (χ1) is 13.1. The lowest BCUT2D eigenvalue weighted by atomic mass is 10.1. The molecule has 3 aromatic rings. The number of carbonyl (C=O) groups is 1. The monoisotopic (exact) mass is 381 g/mol. The lowest BCUT2D eigenvalue weighted by Crippen LogP contribution is -2.42. The van der Waals surface area contributed by atoms with Gasteiger partial charge in [-0.1, -0.05) is 6.07 Å². The molecule has 6 nitrogen and oxygen atoms in total. The van der Waals surface area contributed by atoms with E-state index in [1.807, 2.05) is 55.8 Å². The average Bonchev–Trinajstić information content (AvgIpc) is 2.94. The van der Waals surface area contributed by atoms with Gasteiger partial charge in [0.2, 0.25) is 0 Å². The second-order valence-electron chi connectivity index (χ2n) is 7.72. The quantitative estimate of drug-likeness (QED) is 0.699. The van der Waals surface area contributed by atoms with E-state index in [9.17, 15) is 9.90 Å². The number of aromatic nitrogens is 2. The van der Waals surface area contributed by atoms with E-state index in [2.05, 4.69) is 10.3 Å². The number of aliphatic hydroxyl groups is 1. The van der Waals surface area contributed by atoms with Gasteiger partial charge < -0.3 is 19.7 Å². The number of hydrogen-bond acceptors (Lipinski definition) is 4. The molecular formula is C22H27N3O3. The van der Waals surface area contributed by atoms with Crippen molar-refractivity contribution in [2.45, 2.75) is 46.3 Å². The van der Waals surface area contributed by atoms with Crippen molar-refractivity contribution >= 4 is 22.6 Å². The third-order valence-corrected chi connectivity index (χ3v) is 4.95. The first kappa shape index (κ1) is 19.9. The van der Waals surface area contributed by atoms with E-state index < -0.39 is 11.7 Å². The van der Waals surface area contributed by atoms with Crippen molar-refractivity contribution < 1.29 is 14.6 Å². The molecule has 0 fully saturated rings. The third kappa shape index (κ3) is 3.87. The first-order valence-electron chi connectivity index (χ1n) is 9.30. The highest BCUT2D eigenvalue weighted by Crippen LogP contribution is 2.25. The molecule has 0 saturated heterocycles. The topological polar surface area (TPSA) is 76.4 Å². The summed E-state index contributed by atoms with van der Waals surface area (Å²) in [7, 11) is 1.86. The number of aryl methyl sites for hydroxylation is 3. The zero-order valence-corrected chi connectivity index (χ0v) is 17.2. The highest BCUT2D eigenvalue weighted by Gasteiger charge is 2.30. The Morgan fingerprint density at radius 2 is 1.89 bits per heavy atom. The molecule has 1 atom stereocenters. The van der Waals surface area contributed by atoms with Gasteiger partial charge in [0, 0.05) is 12.7 Å². The average molecular weight is 381 g/mol. The number of anilines is 1. The summed E-state index contributed by atoms with van der Waals surface area (Å²) in [4.78, 5) is 17.3. The number of benzene rings is 2. The Hall–Kier alpha value is -2.86. The summed E-state index contributed by atoms with van der Waals surface area (Å²) in [5, 5.41) is 12.7. The van der Waals surface area contributed by atoms with E-state index >= 15 is 0 Å². The number of nitrogens with zero attached hydrogens (tertiary/aromatic N) is 2. The van der Waals surface area contributed by atoms with Gasteiger partial charge in [-0.3, -0.25) is 4.79 Å². The first-order valence-corrected chi connectivity index (χ1v) is 9.30. The van der Waals surface area contributed by atoms with Gasteiger partial charge in [0.1, 0.15) is 17.7 Å². The molecule has 1 unspecified atom stereocenters. The Morgan fingerprint density at radius 3 is 2.54 bits per heavy atom. The molecule has 1 heterocycles. The van der Waals surface area contributed by atoms with Crippen molar-refractivity contribution in [1.29, 1.82) is 0 Å². The number of nitrogens with one attached hydrogen (secondary N) is 1. The lowest BCUT2D eigenvalue weighted by molar-refractivity contribution is -0.128. The van der Waals surface area contributed by atoms with E-state index in [0.717, 1.165) is 11.1 Å². The van der Waals surface area contributed by atoms with Crippen LogP contribution in [0.4, 0.5) is 5.69 Å². The van der Waals surface area contributed by atoms with Crippen molar-refractivity contribution in [3.8, 4) is 5.75 Å². The summed E-state index contributed by atoms with van der Waals surface area (Å²) in [6.45, 7) is 9.20. The summed E-state index contributed by atoms with van der Waals surface area (Å²) in [5.74, 6) is 0.985. The van der Waals surface area contributed by atoms with Gasteiger partial charge in [-0.15, -0.1) is 0 Å². The Kier molecular flexibility index (Phi) is 5.17. The molecule has 2 aromatic carbocycles. The Bertz CT molecular complexity index is 1030. The second-order valence-corrected chi connectivity index (χ2v) is 7.72. The van der Waals surface area contributed by atoms with Gasteiger partial charge in [-0.2, -0.15) is 0 Å². The van der Waals surface area contributed by atoms with Gasteiger partial charge in [0.05, 0.1) is 11.0 Å². The smallest absolute Gasteiger partial charge is 0.267 e. The van der Waals surface area contributed by atoms with Gasteiger partial charge >= 0.3 is 0 Å². The fourth-order valence-corrected chi connectivity index (χ4v) is 3.07. The third-order valence-electron chi connectivity index (χ3n) is 4.95. The molecule has 1 aromatic heterocycles. The van der Waals surface area contributed by atoms with Crippen LogP contribution in [-0.2, 0) is 11.8 Å². The Morgan fingerprint density at radius 1 is 1.18 bits per heavy atom. The van der Waals surface area contributed by atoms with Crippen LogP contribution in [0.2, 0.25) is 0 Å². The predicted molar refractivity (Wildman–Crippen MR) is 111 cm³/mol. The maximum atomic E-state index is 12.8. The van der Waals surface area contributed by atoms with Gasteiger partial charge in [0.15, 0.2) is 5.60 Å². The van der Waals surface area contributed by atoms with Crippen LogP contribution in [0, 0.1) is 13.8 Å². The normalized spacial score (nSPS) is 12.8. The van der Waals surface area contributed by atoms with Crippen LogP contribution in [-0.4, -0.2) is 26.2 Å². The van der Waals surface area contributed by atoms with Crippen molar-refractivity contribution in [3.05, 3.63) is 53.3 Å². The van der Waals surface area contributed by atoms with Gasteiger partial charge in [-0.25, -0.2) is 4.98 Å². The van der Waals surface area contributed by atoms with Crippen LogP contribution >= 0.6 is 0 Å². The standard InChI is InChI=1S/C22H27N3O3/c1-13-7-9-17(11-14(13)2)28-22(4,5)21(27)23-16-8-10-19-18(12-16)24-20(15(3)26)25(19)6/h7-12,15,26H,1-6H3,(H,23,27). The number of ether oxygens (including phenoxy) is 1. The Labute approximate surface area is 165 Å². The van der Waals surface area contributed by atoms with Crippen molar-refractivity contribution in [2.24, 2.45) is 7.05 Å². The number of carbonyl (C=O) groups excluding carboxylic acids is 1. The van der Waals surface area contributed by atoms with E-state index in [1.165, 1.54) is 5.56 Å². The highest BCUT2D eigenvalue weighted by atomic mass is 16.5. The fraction of sp³-hybridized carbons (Fsp3) is 0.364. The number of aliphatic hydroxyl groups excluding tert-OH is 1. The largest absolute Gasteiger partial charge is 0.478 e. The minimum atomic E-state index is -1.05. The summed E-state index contributed by atoms with van der Waals surface area (Å²) in [5.41, 5.74) is 3.47.